The normalized spacial score (nSPS) is 19.7. The summed E-state index contributed by atoms with van der Waals surface area (Å²) in [5.41, 5.74) is 1.25. The van der Waals surface area contributed by atoms with Crippen LogP contribution in [0.3, 0.4) is 0 Å². The van der Waals surface area contributed by atoms with E-state index in [1.54, 1.807) is 0 Å². The molecular formula is C16H24N4OS. The van der Waals surface area contributed by atoms with Gasteiger partial charge in [-0.2, -0.15) is 0 Å². The lowest BCUT2D eigenvalue weighted by molar-refractivity contribution is 0.0358. The van der Waals surface area contributed by atoms with Gasteiger partial charge in [0.05, 0.1) is 13.2 Å². The Morgan fingerprint density at radius 1 is 1.32 bits per heavy atom. The van der Waals surface area contributed by atoms with Crippen LogP contribution in [-0.4, -0.2) is 71.6 Å². The summed E-state index contributed by atoms with van der Waals surface area (Å²) < 4.78 is 5.43. The second kappa shape index (κ2) is 8.50. The van der Waals surface area contributed by atoms with Crippen molar-refractivity contribution in [1.82, 2.24) is 14.8 Å². The largest absolute Gasteiger partial charge is 0.379 e. The lowest BCUT2D eigenvalue weighted by atomic mass is 10.2. The number of nitrogens with zero attached hydrogens (tertiary/aromatic N) is 4. The summed E-state index contributed by atoms with van der Waals surface area (Å²) in [5, 5.41) is 1.20. The van der Waals surface area contributed by atoms with Crippen LogP contribution in [0.2, 0.25) is 0 Å². The van der Waals surface area contributed by atoms with Crippen LogP contribution in [0.4, 0.5) is 0 Å². The molecule has 1 aromatic rings. The van der Waals surface area contributed by atoms with Crippen molar-refractivity contribution < 1.29 is 4.74 Å². The third kappa shape index (κ3) is 4.69. The van der Waals surface area contributed by atoms with Gasteiger partial charge < -0.3 is 9.64 Å². The number of thioether (sulfide) groups is 1. The van der Waals surface area contributed by atoms with Crippen LogP contribution in [0.5, 0.6) is 0 Å². The Kier molecular flexibility index (Phi) is 6.10. The molecule has 3 heterocycles. The Morgan fingerprint density at radius 3 is 2.95 bits per heavy atom. The highest BCUT2D eigenvalue weighted by Gasteiger charge is 2.17. The Balaban J connectivity index is 1.61. The predicted molar refractivity (Wildman–Crippen MR) is 91.3 cm³/mol. The number of hydrogen-bond acceptors (Lipinski definition) is 6. The first-order chi connectivity index (χ1) is 10.9. The quantitative estimate of drug-likeness (QED) is 0.826. The molecule has 120 valence electrons. The van der Waals surface area contributed by atoms with Gasteiger partial charge in [-0.3, -0.25) is 14.9 Å². The molecule has 22 heavy (non-hydrogen) atoms. The highest BCUT2D eigenvalue weighted by atomic mass is 32.2. The van der Waals surface area contributed by atoms with E-state index >= 15 is 0 Å². The monoisotopic (exact) mass is 320 g/mol. The summed E-state index contributed by atoms with van der Waals surface area (Å²) >= 11 is 1.89. The molecule has 6 heteroatoms. The second-order valence-corrected chi connectivity index (χ2v) is 6.67. The molecule has 0 N–H and O–H groups in total. The first-order valence-corrected chi connectivity index (χ1v) is 9.01. The van der Waals surface area contributed by atoms with Gasteiger partial charge in [0, 0.05) is 57.4 Å². The molecule has 2 aliphatic heterocycles. The lowest BCUT2D eigenvalue weighted by Crippen LogP contribution is -2.42. The van der Waals surface area contributed by atoms with Crippen LogP contribution in [-0.2, 0) is 11.3 Å². The number of morpholine rings is 1. The Morgan fingerprint density at radius 2 is 2.23 bits per heavy atom. The van der Waals surface area contributed by atoms with Crippen molar-refractivity contribution in [2.24, 2.45) is 4.99 Å². The van der Waals surface area contributed by atoms with Crippen LogP contribution in [0.15, 0.2) is 29.5 Å². The van der Waals surface area contributed by atoms with Gasteiger partial charge in [-0.25, -0.2) is 0 Å². The molecule has 5 nitrogen and oxygen atoms in total. The van der Waals surface area contributed by atoms with Crippen LogP contribution in [0.25, 0.3) is 0 Å². The minimum Gasteiger partial charge on any atom is -0.379 e. The van der Waals surface area contributed by atoms with Gasteiger partial charge in [0.1, 0.15) is 0 Å². The molecule has 0 amide bonds. The van der Waals surface area contributed by atoms with Crippen molar-refractivity contribution in [3.8, 4) is 0 Å². The first-order valence-electron chi connectivity index (χ1n) is 8.03. The minimum atomic E-state index is 0.859. The summed E-state index contributed by atoms with van der Waals surface area (Å²) in [6, 6.07) is 4.15. The van der Waals surface area contributed by atoms with Gasteiger partial charge in [-0.1, -0.05) is 17.8 Å². The number of rotatable bonds is 5. The van der Waals surface area contributed by atoms with Gasteiger partial charge >= 0.3 is 0 Å². The molecular weight excluding hydrogens is 296 g/mol. The van der Waals surface area contributed by atoms with E-state index in [0.29, 0.717) is 0 Å². The van der Waals surface area contributed by atoms with Crippen LogP contribution < -0.4 is 0 Å². The van der Waals surface area contributed by atoms with Crippen molar-refractivity contribution in [1.29, 1.82) is 0 Å². The van der Waals surface area contributed by atoms with Gasteiger partial charge in [0.15, 0.2) is 5.17 Å². The van der Waals surface area contributed by atoms with E-state index in [1.165, 1.54) is 22.9 Å². The number of ether oxygens (including phenoxy) is 1. The minimum absolute atomic E-state index is 0.859. The zero-order valence-electron chi connectivity index (χ0n) is 13.0. The molecule has 1 fully saturated rings. The van der Waals surface area contributed by atoms with Gasteiger partial charge in [-0.05, 0) is 18.1 Å². The fourth-order valence-corrected chi connectivity index (χ4v) is 3.66. The molecule has 0 aliphatic carbocycles. The predicted octanol–water partition coefficient (Wildman–Crippen LogP) is 1.71. The Bertz CT molecular complexity index is 476. The number of amidine groups is 1. The van der Waals surface area contributed by atoms with E-state index in [0.717, 1.165) is 52.5 Å². The Labute approximate surface area is 136 Å². The number of hydrogen-bond donors (Lipinski definition) is 0. The zero-order chi connectivity index (χ0) is 15.0. The summed E-state index contributed by atoms with van der Waals surface area (Å²) in [4.78, 5) is 13.9. The van der Waals surface area contributed by atoms with Crippen LogP contribution in [0, 0.1) is 0 Å². The molecule has 1 saturated heterocycles. The van der Waals surface area contributed by atoms with Gasteiger partial charge in [0.2, 0.25) is 0 Å². The second-order valence-electron chi connectivity index (χ2n) is 5.60. The smallest absolute Gasteiger partial charge is 0.159 e. The van der Waals surface area contributed by atoms with E-state index in [1.807, 2.05) is 30.2 Å². The summed E-state index contributed by atoms with van der Waals surface area (Å²) in [5.74, 6) is 1.18. The van der Waals surface area contributed by atoms with E-state index in [4.69, 9.17) is 9.73 Å². The summed E-state index contributed by atoms with van der Waals surface area (Å²) in [6.07, 6.45) is 4.97. The maximum atomic E-state index is 5.43. The van der Waals surface area contributed by atoms with E-state index in [-0.39, 0.29) is 0 Å². The molecule has 3 rings (SSSR count). The van der Waals surface area contributed by atoms with Crippen molar-refractivity contribution in [2.45, 2.75) is 13.0 Å². The highest BCUT2D eigenvalue weighted by molar-refractivity contribution is 8.13. The molecule has 1 aromatic heterocycles. The average Bonchev–Trinajstić information content (AvgIpc) is 2.61. The molecule has 0 saturated carbocycles. The topological polar surface area (TPSA) is 41.0 Å². The maximum Gasteiger partial charge on any atom is 0.159 e. The van der Waals surface area contributed by atoms with E-state index in [9.17, 15) is 0 Å². The van der Waals surface area contributed by atoms with Crippen molar-refractivity contribution in [3.05, 3.63) is 30.1 Å². The molecule has 2 aliphatic rings. The van der Waals surface area contributed by atoms with E-state index in [2.05, 4.69) is 20.9 Å². The zero-order valence-corrected chi connectivity index (χ0v) is 13.8. The standard InChI is InChI=1S/C16H24N4OS/c1-3-15(13-17-4-1)14-20(16-18-5-2-12-22-16)7-6-19-8-10-21-11-9-19/h1,3-4,13H,2,5-12,14H2. The van der Waals surface area contributed by atoms with Crippen molar-refractivity contribution in [2.75, 3.05) is 51.7 Å². The first kappa shape index (κ1) is 15.8. The van der Waals surface area contributed by atoms with Crippen LogP contribution in [0.1, 0.15) is 12.0 Å². The fraction of sp³-hybridized carbons (Fsp3) is 0.625. The summed E-state index contributed by atoms with van der Waals surface area (Å²) in [7, 11) is 0. The number of aromatic nitrogens is 1. The van der Waals surface area contributed by atoms with Crippen LogP contribution >= 0.6 is 11.8 Å². The molecule has 0 atom stereocenters. The third-order valence-electron chi connectivity index (χ3n) is 3.94. The number of aliphatic imine (C=N–C) groups is 1. The van der Waals surface area contributed by atoms with Gasteiger partial charge in [0.25, 0.3) is 0 Å². The maximum absolute atomic E-state index is 5.43. The number of pyridine rings is 1. The van der Waals surface area contributed by atoms with Gasteiger partial charge in [-0.15, -0.1) is 0 Å². The fourth-order valence-electron chi connectivity index (χ4n) is 2.68. The highest BCUT2D eigenvalue weighted by Crippen LogP contribution is 2.18. The van der Waals surface area contributed by atoms with E-state index < -0.39 is 0 Å². The molecule has 0 radical (unpaired) electrons. The van der Waals surface area contributed by atoms with Crippen molar-refractivity contribution in [3.63, 3.8) is 0 Å². The third-order valence-corrected chi connectivity index (χ3v) is 5.08. The molecule has 0 unspecified atom stereocenters. The van der Waals surface area contributed by atoms with Crippen molar-refractivity contribution >= 4 is 16.9 Å². The lowest BCUT2D eigenvalue weighted by Gasteiger charge is -2.32. The molecule has 0 aromatic carbocycles. The molecule has 0 bridgehead atoms. The summed E-state index contributed by atoms with van der Waals surface area (Å²) in [6.45, 7) is 7.74. The average molecular weight is 320 g/mol. The Hall–Kier alpha value is -1.11. The SMILES string of the molecule is c1cncc(CN(CCN2CCOCC2)C2=NCCCS2)c1. The molecule has 0 spiro atoms.